The summed E-state index contributed by atoms with van der Waals surface area (Å²) >= 11 is 1.24. The minimum absolute atomic E-state index is 0.0694. The van der Waals surface area contributed by atoms with Crippen LogP contribution in [0.5, 0.6) is 0 Å². The molecule has 0 bridgehead atoms. The predicted octanol–water partition coefficient (Wildman–Crippen LogP) is 2.28. The van der Waals surface area contributed by atoms with E-state index in [9.17, 15) is 19.8 Å². The molecule has 0 fully saturated rings. The van der Waals surface area contributed by atoms with Crippen molar-refractivity contribution in [3.8, 4) is 0 Å². The van der Waals surface area contributed by atoms with E-state index in [-0.39, 0.29) is 19.0 Å². The van der Waals surface area contributed by atoms with Crippen molar-refractivity contribution in [2.24, 2.45) is 0 Å². The Bertz CT molecular complexity index is 528. The fraction of sp³-hybridized carbons (Fsp3) is 0.556. The molecule has 3 N–H and O–H groups in total. The maximum atomic E-state index is 11.8. The van der Waals surface area contributed by atoms with E-state index in [0.717, 1.165) is 18.4 Å². The first kappa shape index (κ1) is 22.3. The molecule has 0 heterocycles. The van der Waals surface area contributed by atoms with Gasteiger partial charge in [0.15, 0.2) is 0 Å². The lowest BCUT2D eigenvalue weighted by molar-refractivity contribution is -0.138. The van der Waals surface area contributed by atoms with Gasteiger partial charge in [-0.25, -0.2) is 9.59 Å². The second-order valence-corrected chi connectivity index (χ2v) is 6.79. The number of amides is 1. The number of rotatable bonds is 13. The number of aliphatic hydroxyl groups excluding tert-OH is 1. The fourth-order valence-electron chi connectivity index (χ4n) is 1.92. The van der Waals surface area contributed by atoms with Crippen molar-refractivity contribution in [1.82, 2.24) is 5.32 Å². The Balaban J connectivity index is 2.25. The van der Waals surface area contributed by atoms with Crippen LogP contribution in [0.25, 0.3) is 0 Å². The van der Waals surface area contributed by atoms with Crippen LogP contribution in [0.2, 0.25) is 0 Å². The van der Waals surface area contributed by atoms with Crippen LogP contribution in [0.3, 0.4) is 0 Å². The van der Waals surface area contributed by atoms with E-state index in [1.165, 1.54) is 11.8 Å². The third-order valence-electron chi connectivity index (χ3n) is 3.35. The third-order valence-corrected chi connectivity index (χ3v) is 4.54. The first-order chi connectivity index (χ1) is 12.5. The van der Waals surface area contributed by atoms with E-state index in [2.05, 4.69) is 12.2 Å². The van der Waals surface area contributed by atoms with Crippen LogP contribution in [-0.2, 0) is 20.9 Å². The molecule has 0 aromatic heterocycles. The minimum Gasteiger partial charge on any atom is -0.480 e. The average Bonchev–Trinajstić information content (AvgIpc) is 2.63. The first-order valence-electron chi connectivity index (χ1n) is 8.56. The summed E-state index contributed by atoms with van der Waals surface area (Å²) in [6, 6.07) is 8.03. The summed E-state index contributed by atoms with van der Waals surface area (Å²) in [7, 11) is 0. The molecule has 1 aromatic rings. The van der Waals surface area contributed by atoms with Gasteiger partial charge in [-0.1, -0.05) is 43.7 Å². The molecule has 0 radical (unpaired) electrons. The van der Waals surface area contributed by atoms with Gasteiger partial charge < -0.3 is 25.0 Å². The predicted molar refractivity (Wildman–Crippen MR) is 100 cm³/mol. The van der Waals surface area contributed by atoms with Gasteiger partial charge in [0.25, 0.3) is 0 Å². The maximum absolute atomic E-state index is 11.8. The number of hydrogen-bond acceptors (Lipinski definition) is 6. The minimum atomic E-state index is -1.15. The highest BCUT2D eigenvalue weighted by atomic mass is 32.2. The van der Waals surface area contributed by atoms with E-state index in [0.29, 0.717) is 12.4 Å². The van der Waals surface area contributed by atoms with Crippen LogP contribution in [-0.4, -0.2) is 59.1 Å². The molecule has 1 aromatic carbocycles. The number of carboxylic acids is 1. The number of thioether (sulfide) groups is 1. The highest BCUT2D eigenvalue weighted by Gasteiger charge is 2.21. The zero-order valence-electron chi connectivity index (χ0n) is 14.9. The Hall–Kier alpha value is -1.77. The maximum Gasteiger partial charge on any atom is 0.408 e. The molecule has 146 valence electrons. The van der Waals surface area contributed by atoms with Crippen molar-refractivity contribution in [2.75, 3.05) is 24.7 Å². The second kappa shape index (κ2) is 13.4. The van der Waals surface area contributed by atoms with Gasteiger partial charge in [-0.2, -0.15) is 11.8 Å². The van der Waals surface area contributed by atoms with Crippen molar-refractivity contribution in [3.05, 3.63) is 35.9 Å². The van der Waals surface area contributed by atoms with E-state index in [1.807, 2.05) is 30.3 Å². The number of unbranched alkanes of at least 4 members (excludes halogenated alkanes) is 1. The third kappa shape index (κ3) is 10.3. The molecule has 0 spiro atoms. The molecule has 0 saturated heterocycles. The molecule has 1 amide bonds. The van der Waals surface area contributed by atoms with Crippen molar-refractivity contribution in [1.29, 1.82) is 0 Å². The number of nitrogens with one attached hydrogen (secondary N) is 1. The number of aliphatic carboxylic acids is 1. The van der Waals surface area contributed by atoms with Crippen LogP contribution < -0.4 is 5.32 Å². The van der Waals surface area contributed by atoms with Gasteiger partial charge >= 0.3 is 12.1 Å². The van der Waals surface area contributed by atoms with Crippen molar-refractivity contribution < 1.29 is 29.3 Å². The number of aliphatic hydroxyl groups is 1. The Labute approximate surface area is 158 Å². The smallest absolute Gasteiger partial charge is 0.408 e. The van der Waals surface area contributed by atoms with Crippen LogP contribution in [0.15, 0.2) is 30.3 Å². The summed E-state index contributed by atoms with van der Waals surface area (Å²) < 4.78 is 10.3. The molecule has 8 heteroatoms. The Kier molecular flexibility index (Phi) is 11.5. The molecule has 2 unspecified atom stereocenters. The first-order valence-corrected chi connectivity index (χ1v) is 9.72. The zero-order chi connectivity index (χ0) is 19.2. The van der Waals surface area contributed by atoms with Gasteiger partial charge in [-0.05, 0) is 12.0 Å². The number of carbonyl (C=O) groups is 2. The van der Waals surface area contributed by atoms with Crippen molar-refractivity contribution >= 4 is 23.8 Å². The van der Waals surface area contributed by atoms with Gasteiger partial charge in [-0.3, -0.25) is 0 Å². The highest BCUT2D eigenvalue weighted by Crippen LogP contribution is 2.08. The average molecular weight is 385 g/mol. The standard InChI is InChI=1S/C18H27NO6S/c1-2-3-9-24-11-15(20)12-26-13-16(17(21)22)19-18(23)25-10-14-7-5-4-6-8-14/h4-8,15-16,20H,2-3,9-13H2,1H3,(H,19,23)(H,21,22). The zero-order valence-corrected chi connectivity index (χ0v) is 15.7. The highest BCUT2D eigenvalue weighted by molar-refractivity contribution is 7.99. The monoisotopic (exact) mass is 385 g/mol. The van der Waals surface area contributed by atoms with E-state index in [1.54, 1.807) is 0 Å². The summed E-state index contributed by atoms with van der Waals surface area (Å²) in [4.78, 5) is 23.0. The van der Waals surface area contributed by atoms with Gasteiger partial charge in [0.05, 0.1) is 12.7 Å². The molecule has 26 heavy (non-hydrogen) atoms. The molecular formula is C18H27NO6S. The normalized spacial score (nSPS) is 13.0. The summed E-state index contributed by atoms with van der Waals surface area (Å²) in [5, 5.41) is 21.3. The number of alkyl carbamates (subject to hydrolysis) is 1. The Morgan fingerprint density at radius 1 is 1.23 bits per heavy atom. The fourth-order valence-corrected chi connectivity index (χ4v) is 2.88. The van der Waals surface area contributed by atoms with Crippen LogP contribution in [0, 0.1) is 0 Å². The Morgan fingerprint density at radius 3 is 2.62 bits per heavy atom. The lowest BCUT2D eigenvalue weighted by Gasteiger charge is -2.16. The molecule has 1 rings (SSSR count). The van der Waals surface area contributed by atoms with Crippen molar-refractivity contribution in [2.45, 2.75) is 38.5 Å². The summed E-state index contributed by atoms with van der Waals surface area (Å²) in [5.41, 5.74) is 0.815. The summed E-state index contributed by atoms with van der Waals surface area (Å²) in [6.45, 7) is 2.95. The van der Waals surface area contributed by atoms with E-state index in [4.69, 9.17) is 9.47 Å². The lowest BCUT2D eigenvalue weighted by Crippen LogP contribution is -2.43. The number of carbonyl (C=O) groups excluding carboxylic acids is 1. The summed E-state index contributed by atoms with van der Waals surface area (Å²) in [6.07, 6.45) is 0.509. The molecule has 0 aliphatic rings. The number of hydrogen-bond donors (Lipinski definition) is 3. The van der Waals surface area contributed by atoms with Gasteiger partial charge in [0.1, 0.15) is 12.6 Å². The molecule has 0 aliphatic carbocycles. The molecule has 0 aliphatic heterocycles. The number of ether oxygens (including phenoxy) is 2. The van der Waals surface area contributed by atoms with Crippen LogP contribution in [0.4, 0.5) is 4.79 Å². The van der Waals surface area contributed by atoms with Crippen LogP contribution in [0.1, 0.15) is 25.3 Å². The Morgan fingerprint density at radius 2 is 1.96 bits per heavy atom. The second-order valence-electron chi connectivity index (χ2n) is 5.72. The quantitative estimate of drug-likeness (QED) is 0.447. The largest absolute Gasteiger partial charge is 0.480 e. The molecule has 0 saturated carbocycles. The van der Waals surface area contributed by atoms with E-state index < -0.39 is 24.2 Å². The van der Waals surface area contributed by atoms with Gasteiger partial charge in [0.2, 0.25) is 0 Å². The van der Waals surface area contributed by atoms with E-state index >= 15 is 0 Å². The summed E-state index contributed by atoms with van der Waals surface area (Å²) in [5.74, 6) is -0.693. The number of benzene rings is 1. The SMILES string of the molecule is CCCCOCC(O)CSCC(NC(=O)OCc1ccccc1)C(=O)O. The van der Waals surface area contributed by atoms with Crippen LogP contribution >= 0.6 is 11.8 Å². The molecule has 7 nitrogen and oxygen atoms in total. The molecular weight excluding hydrogens is 358 g/mol. The lowest BCUT2D eigenvalue weighted by atomic mass is 10.2. The topological polar surface area (TPSA) is 105 Å². The number of carboxylic acid groups (broad SMARTS) is 1. The van der Waals surface area contributed by atoms with Crippen molar-refractivity contribution in [3.63, 3.8) is 0 Å². The van der Waals surface area contributed by atoms with Gasteiger partial charge in [-0.15, -0.1) is 0 Å². The molecule has 2 atom stereocenters. The van der Waals surface area contributed by atoms with Gasteiger partial charge in [0, 0.05) is 18.1 Å².